The SMILES string of the molecule is Cc1ccc(C)c(-c2csc(CN3CCNCC3)n2)c1.Cl.Cl. The summed E-state index contributed by atoms with van der Waals surface area (Å²) in [5.41, 5.74) is 4.99. The molecule has 1 N–H and O–H groups in total. The molecule has 0 radical (unpaired) electrons. The van der Waals surface area contributed by atoms with Crippen molar-refractivity contribution in [3.8, 4) is 11.3 Å². The predicted molar refractivity (Wildman–Crippen MR) is 99.7 cm³/mol. The summed E-state index contributed by atoms with van der Waals surface area (Å²) in [5.74, 6) is 0. The van der Waals surface area contributed by atoms with Gasteiger partial charge in [0.05, 0.1) is 12.2 Å². The van der Waals surface area contributed by atoms with Crippen LogP contribution in [0.2, 0.25) is 0 Å². The lowest BCUT2D eigenvalue weighted by molar-refractivity contribution is 0.233. The van der Waals surface area contributed by atoms with Crippen LogP contribution in [0.3, 0.4) is 0 Å². The van der Waals surface area contributed by atoms with Gasteiger partial charge in [0, 0.05) is 37.1 Å². The first-order chi connectivity index (χ1) is 9.72. The van der Waals surface area contributed by atoms with Gasteiger partial charge in [0.25, 0.3) is 0 Å². The fourth-order valence-electron chi connectivity index (χ4n) is 2.58. The van der Waals surface area contributed by atoms with Crippen LogP contribution in [0.25, 0.3) is 11.3 Å². The molecule has 0 aliphatic carbocycles. The van der Waals surface area contributed by atoms with Crippen LogP contribution in [0.1, 0.15) is 16.1 Å². The molecule has 1 aliphatic heterocycles. The van der Waals surface area contributed by atoms with Gasteiger partial charge >= 0.3 is 0 Å². The van der Waals surface area contributed by atoms with Crippen molar-refractivity contribution < 1.29 is 0 Å². The average Bonchev–Trinajstić information content (AvgIpc) is 2.91. The maximum absolute atomic E-state index is 4.83. The zero-order valence-corrected chi connectivity index (χ0v) is 15.4. The first-order valence-corrected chi connectivity index (χ1v) is 8.05. The van der Waals surface area contributed by atoms with E-state index in [4.69, 9.17) is 4.98 Å². The number of rotatable bonds is 3. The number of nitrogens with zero attached hydrogens (tertiary/aromatic N) is 2. The normalized spacial score (nSPS) is 15.0. The summed E-state index contributed by atoms with van der Waals surface area (Å²) in [6.07, 6.45) is 0. The van der Waals surface area contributed by atoms with Crippen LogP contribution in [0.15, 0.2) is 23.6 Å². The highest BCUT2D eigenvalue weighted by atomic mass is 35.5. The first-order valence-electron chi connectivity index (χ1n) is 7.17. The van der Waals surface area contributed by atoms with E-state index >= 15 is 0 Å². The van der Waals surface area contributed by atoms with Gasteiger partial charge in [-0.15, -0.1) is 36.2 Å². The zero-order chi connectivity index (χ0) is 13.9. The van der Waals surface area contributed by atoms with Crippen LogP contribution in [-0.2, 0) is 6.54 Å². The monoisotopic (exact) mass is 359 g/mol. The van der Waals surface area contributed by atoms with Crippen LogP contribution in [0, 0.1) is 13.8 Å². The van der Waals surface area contributed by atoms with Gasteiger partial charge in [-0.2, -0.15) is 0 Å². The van der Waals surface area contributed by atoms with E-state index in [1.165, 1.54) is 21.7 Å². The van der Waals surface area contributed by atoms with Crippen molar-refractivity contribution in [3.05, 3.63) is 39.7 Å². The lowest BCUT2D eigenvalue weighted by Crippen LogP contribution is -2.42. The highest BCUT2D eigenvalue weighted by Gasteiger charge is 2.13. The summed E-state index contributed by atoms with van der Waals surface area (Å²) in [6, 6.07) is 6.58. The van der Waals surface area contributed by atoms with Gasteiger partial charge in [0.2, 0.25) is 0 Å². The Morgan fingerprint density at radius 2 is 1.91 bits per heavy atom. The van der Waals surface area contributed by atoms with Crippen molar-refractivity contribution in [2.24, 2.45) is 0 Å². The quantitative estimate of drug-likeness (QED) is 0.905. The number of piperazine rings is 1. The van der Waals surface area contributed by atoms with Gasteiger partial charge in [-0.3, -0.25) is 4.90 Å². The van der Waals surface area contributed by atoms with Crippen molar-refractivity contribution in [3.63, 3.8) is 0 Å². The van der Waals surface area contributed by atoms with Crippen LogP contribution in [-0.4, -0.2) is 36.1 Å². The van der Waals surface area contributed by atoms with E-state index in [0.717, 1.165) is 38.4 Å². The molecule has 122 valence electrons. The van der Waals surface area contributed by atoms with Gasteiger partial charge in [-0.1, -0.05) is 17.7 Å². The summed E-state index contributed by atoms with van der Waals surface area (Å²) >= 11 is 1.78. The third kappa shape index (κ3) is 4.67. The number of halogens is 2. The number of aromatic nitrogens is 1. The average molecular weight is 360 g/mol. The molecular weight excluding hydrogens is 337 g/mol. The largest absolute Gasteiger partial charge is 0.314 e. The smallest absolute Gasteiger partial charge is 0.107 e. The lowest BCUT2D eigenvalue weighted by Gasteiger charge is -2.26. The molecule has 1 aromatic carbocycles. The Hall–Kier alpha value is -0.650. The number of benzene rings is 1. The maximum Gasteiger partial charge on any atom is 0.107 e. The second kappa shape index (κ2) is 8.85. The van der Waals surface area contributed by atoms with Crippen LogP contribution in [0.4, 0.5) is 0 Å². The molecular formula is C16H23Cl2N3S. The number of thiazole rings is 1. The third-order valence-electron chi connectivity index (χ3n) is 3.79. The number of hydrogen-bond acceptors (Lipinski definition) is 4. The highest BCUT2D eigenvalue weighted by Crippen LogP contribution is 2.26. The van der Waals surface area contributed by atoms with Gasteiger partial charge in [0.1, 0.15) is 5.01 Å². The summed E-state index contributed by atoms with van der Waals surface area (Å²) in [6.45, 7) is 9.71. The van der Waals surface area contributed by atoms with E-state index in [1.54, 1.807) is 11.3 Å². The van der Waals surface area contributed by atoms with E-state index in [1.807, 2.05) is 0 Å². The molecule has 0 spiro atoms. The molecule has 0 atom stereocenters. The Kier molecular flexibility index (Phi) is 7.80. The molecule has 22 heavy (non-hydrogen) atoms. The Morgan fingerprint density at radius 3 is 2.64 bits per heavy atom. The minimum Gasteiger partial charge on any atom is -0.314 e. The molecule has 3 nitrogen and oxygen atoms in total. The standard InChI is InChI=1S/C16H21N3S.2ClH/c1-12-3-4-13(2)14(9-12)15-11-20-16(18-15)10-19-7-5-17-6-8-19;;/h3-4,9,11,17H,5-8,10H2,1-2H3;2*1H. The zero-order valence-electron chi connectivity index (χ0n) is 13.0. The van der Waals surface area contributed by atoms with E-state index in [-0.39, 0.29) is 24.8 Å². The summed E-state index contributed by atoms with van der Waals surface area (Å²) in [4.78, 5) is 7.31. The summed E-state index contributed by atoms with van der Waals surface area (Å²) in [5, 5.41) is 6.81. The Bertz CT molecular complexity index is 595. The maximum atomic E-state index is 4.83. The Labute approximate surface area is 149 Å². The van der Waals surface area contributed by atoms with Gasteiger partial charge in [-0.05, 0) is 25.5 Å². The topological polar surface area (TPSA) is 28.2 Å². The first kappa shape index (κ1) is 19.4. The number of hydrogen-bond donors (Lipinski definition) is 1. The van der Waals surface area contributed by atoms with Crippen LogP contribution in [0.5, 0.6) is 0 Å². The Morgan fingerprint density at radius 1 is 1.18 bits per heavy atom. The van der Waals surface area contributed by atoms with E-state index in [2.05, 4.69) is 47.6 Å². The Balaban J connectivity index is 0.00000121. The van der Waals surface area contributed by atoms with Crippen molar-refractivity contribution in [2.45, 2.75) is 20.4 Å². The molecule has 0 bridgehead atoms. The fraction of sp³-hybridized carbons (Fsp3) is 0.438. The second-order valence-corrected chi connectivity index (χ2v) is 6.41. The van der Waals surface area contributed by atoms with Crippen molar-refractivity contribution in [1.29, 1.82) is 0 Å². The third-order valence-corrected chi connectivity index (χ3v) is 4.62. The van der Waals surface area contributed by atoms with Gasteiger partial charge < -0.3 is 5.32 Å². The molecule has 2 heterocycles. The number of aryl methyl sites for hydroxylation is 2. The molecule has 1 fully saturated rings. The van der Waals surface area contributed by atoms with E-state index in [9.17, 15) is 0 Å². The lowest BCUT2D eigenvalue weighted by atomic mass is 10.0. The fourth-order valence-corrected chi connectivity index (χ4v) is 3.42. The van der Waals surface area contributed by atoms with Crippen LogP contribution >= 0.6 is 36.2 Å². The predicted octanol–water partition coefficient (Wildman–Crippen LogP) is 3.68. The summed E-state index contributed by atoms with van der Waals surface area (Å²) < 4.78 is 0. The van der Waals surface area contributed by atoms with Crippen LogP contribution < -0.4 is 5.32 Å². The summed E-state index contributed by atoms with van der Waals surface area (Å²) in [7, 11) is 0. The van der Waals surface area contributed by atoms with Gasteiger partial charge in [-0.25, -0.2) is 4.98 Å². The minimum absolute atomic E-state index is 0. The van der Waals surface area contributed by atoms with E-state index < -0.39 is 0 Å². The molecule has 3 rings (SSSR count). The highest BCUT2D eigenvalue weighted by molar-refractivity contribution is 7.09. The molecule has 2 aromatic rings. The molecule has 0 saturated carbocycles. The van der Waals surface area contributed by atoms with Crippen molar-refractivity contribution in [1.82, 2.24) is 15.2 Å². The molecule has 1 aliphatic rings. The van der Waals surface area contributed by atoms with E-state index in [0.29, 0.717) is 0 Å². The molecule has 1 saturated heterocycles. The number of nitrogens with one attached hydrogen (secondary N) is 1. The molecule has 1 aromatic heterocycles. The molecule has 0 unspecified atom stereocenters. The van der Waals surface area contributed by atoms with Crippen molar-refractivity contribution in [2.75, 3.05) is 26.2 Å². The van der Waals surface area contributed by atoms with Gasteiger partial charge in [0.15, 0.2) is 0 Å². The molecule has 6 heteroatoms. The molecule has 0 amide bonds. The van der Waals surface area contributed by atoms with Crippen molar-refractivity contribution >= 4 is 36.2 Å². The minimum atomic E-state index is 0. The second-order valence-electron chi connectivity index (χ2n) is 5.47.